The van der Waals surface area contributed by atoms with Crippen LogP contribution in [-0.2, 0) is 6.54 Å². The van der Waals surface area contributed by atoms with E-state index in [0.717, 1.165) is 25.2 Å². The first-order valence-corrected chi connectivity index (χ1v) is 5.45. The van der Waals surface area contributed by atoms with Gasteiger partial charge in [0, 0.05) is 6.54 Å². The maximum absolute atomic E-state index is 5.81. The molecule has 14 heavy (non-hydrogen) atoms. The van der Waals surface area contributed by atoms with Crippen molar-refractivity contribution >= 4 is 23.2 Å². The molecule has 0 saturated carbocycles. The van der Waals surface area contributed by atoms with E-state index in [1.807, 2.05) is 12.1 Å². The van der Waals surface area contributed by atoms with Crippen LogP contribution < -0.4 is 0 Å². The van der Waals surface area contributed by atoms with Gasteiger partial charge in [0.15, 0.2) is 0 Å². The van der Waals surface area contributed by atoms with E-state index in [0.29, 0.717) is 10.3 Å². The summed E-state index contributed by atoms with van der Waals surface area (Å²) in [5.41, 5.74) is 1.11. The monoisotopic (exact) mass is 232 g/mol. The molecule has 0 bridgehead atoms. The fraction of sp³-hybridized carbons (Fsp3) is 0.500. The van der Waals surface area contributed by atoms with Crippen LogP contribution in [0.25, 0.3) is 0 Å². The van der Waals surface area contributed by atoms with Crippen LogP contribution in [0, 0.1) is 0 Å². The molecule has 0 saturated heterocycles. The summed E-state index contributed by atoms with van der Waals surface area (Å²) in [4.78, 5) is 6.20. The van der Waals surface area contributed by atoms with Crippen molar-refractivity contribution in [2.45, 2.75) is 20.4 Å². The molecule has 78 valence electrons. The third-order valence-electron chi connectivity index (χ3n) is 2.12. The Morgan fingerprint density at radius 1 is 1.14 bits per heavy atom. The summed E-state index contributed by atoms with van der Waals surface area (Å²) < 4.78 is 0. The molecule has 0 aliphatic carbocycles. The second kappa shape index (κ2) is 5.54. The fourth-order valence-electron chi connectivity index (χ4n) is 1.31. The number of nitrogens with zero attached hydrogens (tertiary/aromatic N) is 2. The van der Waals surface area contributed by atoms with Crippen LogP contribution in [-0.4, -0.2) is 23.0 Å². The molecule has 0 radical (unpaired) electrons. The highest BCUT2D eigenvalue weighted by atomic mass is 35.5. The van der Waals surface area contributed by atoms with E-state index in [-0.39, 0.29) is 0 Å². The third kappa shape index (κ3) is 3.45. The fourth-order valence-corrected chi connectivity index (χ4v) is 1.82. The lowest BCUT2D eigenvalue weighted by Crippen LogP contribution is -2.22. The zero-order valence-electron chi connectivity index (χ0n) is 8.43. The Bertz CT molecular complexity index is 278. The molecule has 4 heteroatoms. The Morgan fingerprint density at radius 3 is 2.07 bits per heavy atom. The second-order valence-electron chi connectivity index (χ2n) is 3.08. The first-order chi connectivity index (χ1) is 6.65. The lowest BCUT2D eigenvalue weighted by atomic mass is 10.2. The van der Waals surface area contributed by atoms with Crippen LogP contribution in [0.1, 0.15) is 19.4 Å². The number of aromatic nitrogens is 1. The van der Waals surface area contributed by atoms with Crippen molar-refractivity contribution in [3.05, 3.63) is 28.0 Å². The average molecular weight is 233 g/mol. The third-order valence-corrected chi connectivity index (χ3v) is 2.51. The maximum Gasteiger partial charge on any atom is 0.131 e. The van der Waals surface area contributed by atoms with Gasteiger partial charge in [0.1, 0.15) is 10.3 Å². The lowest BCUT2D eigenvalue weighted by Gasteiger charge is -2.17. The van der Waals surface area contributed by atoms with Crippen LogP contribution in [0.4, 0.5) is 0 Å². The van der Waals surface area contributed by atoms with Crippen LogP contribution in [0.15, 0.2) is 12.1 Å². The molecule has 1 heterocycles. The molecular formula is C10H14Cl2N2. The zero-order chi connectivity index (χ0) is 10.6. The van der Waals surface area contributed by atoms with E-state index in [9.17, 15) is 0 Å². The molecule has 0 fully saturated rings. The summed E-state index contributed by atoms with van der Waals surface area (Å²) in [6.07, 6.45) is 0. The van der Waals surface area contributed by atoms with Crippen LogP contribution in [0.2, 0.25) is 10.3 Å². The summed E-state index contributed by atoms with van der Waals surface area (Å²) in [7, 11) is 0. The molecule has 0 spiro atoms. The van der Waals surface area contributed by atoms with Crippen molar-refractivity contribution in [1.29, 1.82) is 0 Å². The molecule has 0 aliphatic heterocycles. The van der Waals surface area contributed by atoms with Crippen molar-refractivity contribution in [3.63, 3.8) is 0 Å². The number of hydrogen-bond donors (Lipinski definition) is 0. The minimum atomic E-state index is 0.458. The Balaban J connectivity index is 2.75. The van der Waals surface area contributed by atoms with E-state index in [4.69, 9.17) is 23.2 Å². The first kappa shape index (κ1) is 11.8. The quantitative estimate of drug-likeness (QED) is 0.742. The Morgan fingerprint density at radius 2 is 1.64 bits per heavy atom. The van der Waals surface area contributed by atoms with Gasteiger partial charge >= 0.3 is 0 Å². The van der Waals surface area contributed by atoms with Gasteiger partial charge in [-0.25, -0.2) is 4.98 Å². The van der Waals surface area contributed by atoms with Crippen LogP contribution >= 0.6 is 23.2 Å². The Kier molecular flexibility index (Phi) is 4.66. The highest BCUT2D eigenvalue weighted by molar-refractivity contribution is 6.32. The van der Waals surface area contributed by atoms with Crippen molar-refractivity contribution in [1.82, 2.24) is 9.88 Å². The lowest BCUT2D eigenvalue weighted by molar-refractivity contribution is 0.296. The molecule has 1 aromatic heterocycles. The van der Waals surface area contributed by atoms with Crippen LogP contribution in [0.3, 0.4) is 0 Å². The van der Waals surface area contributed by atoms with Gasteiger partial charge in [-0.2, -0.15) is 0 Å². The SMILES string of the molecule is CCN(CC)Cc1cc(Cl)nc(Cl)c1. The number of pyridine rings is 1. The summed E-state index contributed by atoms with van der Waals surface area (Å²) in [5, 5.41) is 0.916. The minimum Gasteiger partial charge on any atom is -0.300 e. The van der Waals surface area contributed by atoms with Crippen LogP contribution in [0.5, 0.6) is 0 Å². The topological polar surface area (TPSA) is 16.1 Å². The number of halogens is 2. The van der Waals surface area contributed by atoms with Gasteiger partial charge < -0.3 is 0 Å². The summed E-state index contributed by atoms with van der Waals surface area (Å²) in [6.45, 7) is 7.18. The molecule has 0 N–H and O–H groups in total. The van der Waals surface area contributed by atoms with Crippen molar-refractivity contribution in [3.8, 4) is 0 Å². The molecule has 1 aromatic rings. The molecule has 1 rings (SSSR count). The van der Waals surface area contributed by atoms with E-state index in [2.05, 4.69) is 23.7 Å². The smallest absolute Gasteiger partial charge is 0.131 e. The summed E-state index contributed by atoms with van der Waals surface area (Å²) in [6, 6.07) is 3.71. The highest BCUT2D eigenvalue weighted by Crippen LogP contribution is 2.15. The predicted molar refractivity (Wildman–Crippen MR) is 60.9 cm³/mol. The van der Waals surface area contributed by atoms with Crippen molar-refractivity contribution in [2.24, 2.45) is 0 Å². The highest BCUT2D eigenvalue weighted by Gasteiger charge is 2.03. The Hall–Kier alpha value is -0.310. The molecular weight excluding hydrogens is 219 g/mol. The van der Waals surface area contributed by atoms with Gasteiger partial charge in [0.25, 0.3) is 0 Å². The zero-order valence-corrected chi connectivity index (χ0v) is 9.94. The molecule has 0 unspecified atom stereocenters. The maximum atomic E-state index is 5.81. The first-order valence-electron chi connectivity index (χ1n) is 4.70. The van der Waals surface area contributed by atoms with Crippen molar-refractivity contribution in [2.75, 3.05) is 13.1 Å². The van der Waals surface area contributed by atoms with E-state index >= 15 is 0 Å². The molecule has 0 amide bonds. The van der Waals surface area contributed by atoms with E-state index < -0.39 is 0 Å². The van der Waals surface area contributed by atoms with Gasteiger partial charge in [-0.3, -0.25) is 4.90 Å². The number of hydrogen-bond acceptors (Lipinski definition) is 2. The van der Waals surface area contributed by atoms with E-state index in [1.54, 1.807) is 0 Å². The number of rotatable bonds is 4. The summed E-state index contributed by atoms with van der Waals surface area (Å²) >= 11 is 11.6. The Labute approximate surface area is 94.8 Å². The molecule has 0 aliphatic rings. The van der Waals surface area contributed by atoms with Crippen molar-refractivity contribution < 1.29 is 0 Å². The van der Waals surface area contributed by atoms with Gasteiger partial charge in [-0.05, 0) is 30.8 Å². The summed E-state index contributed by atoms with van der Waals surface area (Å²) in [5.74, 6) is 0. The van der Waals surface area contributed by atoms with E-state index in [1.165, 1.54) is 0 Å². The van der Waals surface area contributed by atoms with Gasteiger partial charge in [-0.1, -0.05) is 37.0 Å². The normalized spacial score (nSPS) is 10.9. The van der Waals surface area contributed by atoms with Gasteiger partial charge in [0.2, 0.25) is 0 Å². The second-order valence-corrected chi connectivity index (χ2v) is 3.86. The molecule has 0 aromatic carbocycles. The standard InChI is InChI=1S/C10H14Cl2N2/c1-3-14(4-2)7-8-5-9(11)13-10(12)6-8/h5-6H,3-4,7H2,1-2H3. The van der Waals surface area contributed by atoms with Gasteiger partial charge in [0.05, 0.1) is 0 Å². The predicted octanol–water partition coefficient (Wildman–Crippen LogP) is 3.23. The van der Waals surface area contributed by atoms with Gasteiger partial charge in [-0.15, -0.1) is 0 Å². The molecule has 2 nitrogen and oxygen atoms in total. The minimum absolute atomic E-state index is 0.458. The molecule has 0 atom stereocenters. The average Bonchev–Trinajstić information content (AvgIpc) is 2.12. The largest absolute Gasteiger partial charge is 0.300 e.